The zero-order valence-corrected chi connectivity index (χ0v) is 49.5. The summed E-state index contributed by atoms with van der Waals surface area (Å²) < 4.78 is 140. The Bertz CT molecular complexity index is 3020. The number of anilines is 1. The van der Waals surface area contributed by atoms with Crippen LogP contribution < -0.4 is 98.3 Å². The number of fused-ring (bicyclic) bond motifs is 2. The van der Waals surface area contributed by atoms with Crippen molar-refractivity contribution in [3.05, 3.63) is 125 Å². The molecule has 0 fully saturated rings. The second-order valence-corrected chi connectivity index (χ2v) is 21.9. The minimum absolute atomic E-state index is 0. The van der Waals surface area contributed by atoms with Crippen molar-refractivity contribution in [3.63, 3.8) is 0 Å². The maximum absolute atomic E-state index is 12.1. The largest absolute Gasteiger partial charge is 1.00 e. The quantitative estimate of drug-likeness (QED) is 0.0447. The van der Waals surface area contributed by atoms with Crippen LogP contribution in [0.1, 0.15) is 96.6 Å². The van der Waals surface area contributed by atoms with Gasteiger partial charge in [0.2, 0.25) is 0 Å². The maximum atomic E-state index is 12.1. The van der Waals surface area contributed by atoms with Crippen molar-refractivity contribution in [2.45, 2.75) is 106 Å². The van der Waals surface area contributed by atoms with Gasteiger partial charge in [-0.15, -0.1) is 18.7 Å². The van der Waals surface area contributed by atoms with Crippen molar-refractivity contribution in [2.75, 3.05) is 23.7 Å². The Balaban J connectivity index is 0.00000231. The predicted molar refractivity (Wildman–Crippen MR) is 244 cm³/mol. The van der Waals surface area contributed by atoms with Crippen LogP contribution >= 0.6 is 0 Å². The third kappa shape index (κ3) is 16.9. The number of hydrogen-bond acceptors (Lipinski definition) is 15. The molecule has 0 saturated heterocycles. The first-order valence-corrected chi connectivity index (χ1v) is 26.6. The minimum atomic E-state index is -4.75. The van der Waals surface area contributed by atoms with Crippen LogP contribution in [-0.2, 0) is 56.6 Å². The Kier molecular flexibility index (Phi) is 24.4. The first kappa shape index (κ1) is 63.8. The Labute approximate surface area is 478 Å². The van der Waals surface area contributed by atoms with E-state index >= 15 is 0 Å². The Morgan fingerprint density at radius 3 is 2.03 bits per heavy atom. The van der Waals surface area contributed by atoms with Gasteiger partial charge in [-0.1, -0.05) is 45.8 Å². The summed E-state index contributed by atoms with van der Waals surface area (Å²) in [5, 5.41) is 9.17. The van der Waals surface area contributed by atoms with Crippen LogP contribution in [-0.4, -0.2) is 91.7 Å². The molecule has 2 aliphatic heterocycles. The summed E-state index contributed by atoms with van der Waals surface area (Å²) in [5.41, 5.74) is 5.47. The van der Waals surface area contributed by atoms with Crippen molar-refractivity contribution in [1.82, 2.24) is 0 Å². The predicted octanol–water partition coefficient (Wildman–Crippen LogP) is -2.67. The molecule has 0 spiro atoms. The topological polar surface area (TPSA) is 276 Å². The summed E-state index contributed by atoms with van der Waals surface area (Å²) in [6.07, 6.45) is 12.3. The smallest absolute Gasteiger partial charge is 0.748 e. The molecule has 0 atom stereocenters. The molecule has 17 nitrogen and oxygen atoms in total. The van der Waals surface area contributed by atoms with Crippen LogP contribution in [0.4, 0.5) is 11.4 Å². The molecule has 6 rings (SSSR count). The number of rotatable bonds is 18. The van der Waals surface area contributed by atoms with E-state index in [1.54, 1.807) is 6.07 Å². The average Bonchev–Trinajstić information content (AvgIpc) is 3.57. The normalized spacial score (nSPS) is 17.2. The molecule has 0 amide bonds. The van der Waals surface area contributed by atoms with Gasteiger partial charge in [-0.25, -0.2) is 29.8 Å². The van der Waals surface area contributed by atoms with E-state index in [1.165, 1.54) is 36.4 Å². The van der Waals surface area contributed by atoms with Crippen molar-refractivity contribution < 1.29 is 159 Å². The standard InChI is InChI=1S/C46H54N2O12S3.3Na.O3S/c1-45(2)37-15-7-8-16-39(37)47(29-10-11-30-61(51,52)53)41(45)26-18-32-13-12-14-33(44(32)60-34-20-22-35(23-21-34)62(54,55)56)19-27-42-46(3,4)38-31-36(63(57,58)59)24-25-40(38)48(42)28-9-5-6-17-43(49)50;;;;1-4(2)3/h8,15-16,18-27,31H,5-6,9-14,17,28-30H2,1-4H3,(H,49,50)(H,51,52,53)(H,54,55,56)(H,57,58,59);;;;/q;3*+1;/p-3. The summed E-state index contributed by atoms with van der Waals surface area (Å²) in [4.78, 5) is 12.5. The van der Waals surface area contributed by atoms with E-state index in [0.29, 0.717) is 68.7 Å². The van der Waals surface area contributed by atoms with Crippen LogP contribution in [0.25, 0.3) is 0 Å². The number of carboxylic acids is 1. The molecule has 3 aliphatic rings. The number of hydrogen-bond donors (Lipinski definition) is 1. The first-order valence-electron chi connectivity index (χ1n) is 21.2. The van der Waals surface area contributed by atoms with E-state index in [0.717, 1.165) is 45.9 Å². The summed E-state index contributed by atoms with van der Waals surface area (Å²) in [6, 6.07) is 18.4. The van der Waals surface area contributed by atoms with Crippen LogP contribution in [0.15, 0.2) is 117 Å². The van der Waals surface area contributed by atoms with E-state index in [-0.39, 0.29) is 106 Å². The van der Waals surface area contributed by atoms with Crippen molar-refractivity contribution in [2.24, 2.45) is 0 Å². The van der Waals surface area contributed by atoms with Gasteiger partial charge < -0.3 is 28.4 Å². The summed E-state index contributed by atoms with van der Waals surface area (Å²) >= 11 is 0. The molecule has 0 unspecified atom stereocenters. The van der Waals surface area contributed by atoms with E-state index in [4.69, 9.17) is 22.5 Å². The van der Waals surface area contributed by atoms with Gasteiger partial charge in [0.05, 0.1) is 19.9 Å². The number of nitrogens with zero attached hydrogens (tertiary/aromatic N) is 2. The Morgan fingerprint density at radius 2 is 1.43 bits per heavy atom. The fourth-order valence-electron chi connectivity index (χ4n) is 8.63. The van der Waals surface area contributed by atoms with Crippen LogP contribution in [0.3, 0.4) is 0 Å². The fraction of sp³-hybridized carbons (Fsp3) is 0.391. The maximum Gasteiger partial charge on any atom is 1.00 e. The fourth-order valence-corrected chi connectivity index (χ4v) is 10.2. The average molecular weight is 1070 g/mol. The molecule has 1 aliphatic carbocycles. The summed E-state index contributed by atoms with van der Waals surface area (Å²) in [7, 11) is -16.9. The number of aliphatic carboxylic acids is 1. The van der Waals surface area contributed by atoms with Gasteiger partial charge in [-0.3, -0.25) is 4.79 Å². The Morgan fingerprint density at radius 1 is 0.800 bits per heavy atom. The molecule has 3 aromatic rings. The number of carboxylic acid groups (broad SMARTS) is 1. The molecule has 0 bridgehead atoms. The molecule has 362 valence electrons. The van der Waals surface area contributed by atoms with Crippen molar-refractivity contribution >= 4 is 64.0 Å². The molecule has 70 heavy (non-hydrogen) atoms. The molecule has 2 heterocycles. The van der Waals surface area contributed by atoms with Gasteiger partial charge in [-0.2, -0.15) is 18.2 Å². The van der Waals surface area contributed by atoms with Crippen LogP contribution in [0, 0.1) is 6.07 Å². The molecular formula is C46H51N2Na3O15S4. The molecule has 0 aromatic heterocycles. The zero-order chi connectivity index (χ0) is 49.5. The van der Waals surface area contributed by atoms with Gasteiger partial charge in [0.1, 0.15) is 44.0 Å². The van der Waals surface area contributed by atoms with E-state index in [2.05, 4.69) is 29.4 Å². The first-order chi connectivity index (χ1) is 31.2. The molecule has 24 heteroatoms. The number of allylic oxidation sites excluding steroid dienone is 7. The van der Waals surface area contributed by atoms with Gasteiger partial charge in [0.25, 0.3) is 0 Å². The molecular weight excluding hydrogens is 1020 g/mol. The van der Waals surface area contributed by atoms with Crippen molar-refractivity contribution in [3.8, 4) is 5.75 Å². The minimum Gasteiger partial charge on any atom is -0.748 e. The van der Waals surface area contributed by atoms with Gasteiger partial charge in [0.15, 0.2) is 5.71 Å². The van der Waals surface area contributed by atoms with E-state index < -0.39 is 68.4 Å². The number of carbonyl (C=O) groups is 1. The van der Waals surface area contributed by atoms with Gasteiger partial charge in [-0.05, 0) is 110 Å². The molecule has 0 radical (unpaired) electrons. The van der Waals surface area contributed by atoms with Crippen molar-refractivity contribution in [1.29, 1.82) is 0 Å². The van der Waals surface area contributed by atoms with Gasteiger partial charge in [0, 0.05) is 53.4 Å². The van der Waals surface area contributed by atoms with Crippen LogP contribution in [0.2, 0.25) is 0 Å². The second-order valence-electron chi connectivity index (χ2n) is 17.2. The molecule has 1 N–H and O–H groups in total. The second kappa shape index (κ2) is 26.8. The number of unbranched alkanes of at least 4 members (excludes halogenated alkanes) is 3. The molecule has 0 saturated carbocycles. The monoisotopic (exact) mass is 1070 g/mol. The summed E-state index contributed by atoms with van der Waals surface area (Å²) in [6.45, 7) is 9.02. The number of benzene rings is 3. The molecule has 3 aromatic carbocycles. The van der Waals surface area contributed by atoms with E-state index in [9.17, 15) is 43.7 Å². The Hall–Kier alpha value is -2.29. The SMILES string of the molecule is CC1(C)C(=CC=C2CCCC(C=CC3=[N+](CCCCS(=O)(=O)[O-])c4cc[c-]cc4C3(C)C)=C2Oc2ccc(S(=O)(=O)[O-])cc2)N(CCCCCC(=O)O)c2ccc(S(=O)(=O)[O-])cc21.O=S(=O)=O.[Na+].[Na+].[Na+]. The third-order valence-corrected chi connectivity index (χ3v) is 14.3. The summed E-state index contributed by atoms with van der Waals surface area (Å²) in [5.74, 6) is -0.533. The number of ether oxygens (including phenoxy) is 1. The van der Waals surface area contributed by atoms with E-state index in [1.807, 2.05) is 56.4 Å². The van der Waals surface area contributed by atoms with Crippen LogP contribution in [0.5, 0.6) is 5.75 Å². The third-order valence-electron chi connectivity index (χ3n) is 11.9. The zero-order valence-electron chi connectivity index (χ0n) is 40.3. The van der Waals surface area contributed by atoms with Gasteiger partial charge >= 0.3 is 105 Å².